The normalized spacial score (nSPS) is 14.0. The Kier molecular flexibility index (Phi) is 10.8. The first-order chi connectivity index (χ1) is 22.9. The third-order valence-corrected chi connectivity index (χ3v) is 9.82. The Morgan fingerprint density at radius 1 is 0.918 bits per heavy atom. The van der Waals surface area contributed by atoms with Crippen LogP contribution in [0.15, 0.2) is 96.2 Å². The summed E-state index contributed by atoms with van der Waals surface area (Å²) >= 11 is 0. The third kappa shape index (κ3) is 8.44. The van der Waals surface area contributed by atoms with Gasteiger partial charge < -0.3 is 20.3 Å². The standard InChI is InChI=1S/C37H44N4O7S/c1-8-47-28-13-9-12-27(22-28)26-19-17-25(18-20-26)23-37(38,49(45,46)29-14-11-21-39-24-29)30-15-10-16-31(40-30)41(34(44)48-36(5,6)7)32(33(42)43)35(2,3)4/h9-22,24,32H,8,23,38H2,1-7H3,(H,42,43). The first kappa shape index (κ1) is 37.0. The summed E-state index contributed by atoms with van der Waals surface area (Å²) in [4.78, 5) is 33.6. The smallest absolute Gasteiger partial charge is 0.416 e. The van der Waals surface area contributed by atoms with Gasteiger partial charge >= 0.3 is 12.1 Å². The van der Waals surface area contributed by atoms with Crippen LogP contribution in [0.3, 0.4) is 0 Å². The van der Waals surface area contributed by atoms with Crippen LogP contribution in [-0.2, 0) is 30.7 Å². The van der Waals surface area contributed by atoms with Crippen molar-refractivity contribution in [3.63, 3.8) is 0 Å². The predicted octanol–water partition coefficient (Wildman–Crippen LogP) is 6.61. The molecule has 2 aromatic carbocycles. The molecule has 2 heterocycles. The average Bonchev–Trinajstić information content (AvgIpc) is 3.03. The molecule has 49 heavy (non-hydrogen) atoms. The van der Waals surface area contributed by atoms with Crippen LogP contribution in [0.1, 0.15) is 59.7 Å². The number of pyridine rings is 2. The first-order valence-corrected chi connectivity index (χ1v) is 17.3. The monoisotopic (exact) mass is 688 g/mol. The van der Waals surface area contributed by atoms with Crippen LogP contribution in [0.4, 0.5) is 10.6 Å². The predicted molar refractivity (Wildman–Crippen MR) is 188 cm³/mol. The molecule has 0 fully saturated rings. The van der Waals surface area contributed by atoms with Gasteiger partial charge in [0.25, 0.3) is 0 Å². The molecule has 1 amide bonds. The van der Waals surface area contributed by atoms with Crippen LogP contribution in [0.2, 0.25) is 0 Å². The number of anilines is 1. The van der Waals surface area contributed by atoms with E-state index in [0.29, 0.717) is 12.2 Å². The van der Waals surface area contributed by atoms with Crippen LogP contribution >= 0.6 is 0 Å². The average molecular weight is 689 g/mol. The molecule has 3 N–H and O–H groups in total. The van der Waals surface area contributed by atoms with E-state index in [1.807, 2.05) is 43.3 Å². The number of sulfone groups is 1. The molecule has 4 aromatic rings. The maximum absolute atomic E-state index is 14.4. The molecule has 0 saturated carbocycles. The van der Waals surface area contributed by atoms with E-state index in [9.17, 15) is 23.1 Å². The van der Waals surface area contributed by atoms with E-state index in [-0.39, 0.29) is 22.8 Å². The number of hydrogen-bond acceptors (Lipinski definition) is 9. The molecule has 2 atom stereocenters. The number of nitrogens with two attached hydrogens (primary N) is 1. The van der Waals surface area contributed by atoms with Crippen LogP contribution in [0, 0.1) is 5.41 Å². The molecule has 0 aliphatic heterocycles. The zero-order valence-corrected chi connectivity index (χ0v) is 29.7. The van der Waals surface area contributed by atoms with Gasteiger partial charge in [-0.05, 0) is 86.2 Å². The maximum Gasteiger partial charge on any atom is 0.416 e. The number of rotatable bonds is 11. The zero-order chi connectivity index (χ0) is 36.2. The van der Waals surface area contributed by atoms with Crippen LogP contribution in [-0.4, -0.2) is 53.8 Å². The SMILES string of the molecule is CCOc1cccc(-c2ccc(CC(N)(c3cccc(N(C(=O)OC(C)(C)C)C(C(=O)O)C(C)(C)C)n3)S(=O)(=O)c3cccnc3)cc2)c1. The molecular weight excluding hydrogens is 644 g/mol. The molecule has 12 heteroatoms. The lowest BCUT2D eigenvalue weighted by Gasteiger charge is -2.37. The summed E-state index contributed by atoms with van der Waals surface area (Å²) in [6.45, 7) is 12.4. The van der Waals surface area contributed by atoms with Crippen LogP contribution in [0.5, 0.6) is 5.75 Å². The van der Waals surface area contributed by atoms with Crippen molar-refractivity contribution in [3.8, 4) is 16.9 Å². The lowest BCUT2D eigenvalue weighted by Crippen LogP contribution is -2.54. The lowest BCUT2D eigenvalue weighted by atomic mass is 9.85. The lowest BCUT2D eigenvalue weighted by molar-refractivity contribution is -0.141. The number of hydrogen-bond donors (Lipinski definition) is 2. The van der Waals surface area contributed by atoms with E-state index in [2.05, 4.69) is 9.97 Å². The van der Waals surface area contributed by atoms with E-state index >= 15 is 0 Å². The second-order valence-electron chi connectivity index (χ2n) is 13.8. The molecule has 2 aromatic heterocycles. The van der Waals surface area contributed by atoms with Gasteiger partial charge in [0.15, 0.2) is 4.87 Å². The van der Waals surface area contributed by atoms with E-state index in [1.54, 1.807) is 53.7 Å². The van der Waals surface area contributed by atoms with E-state index in [0.717, 1.165) is 21.8 Å². The summed E-state index contributed by atoms with van der Waals surface area (Å²) in [5.41, 5.74) is 7.33. The highest BCUT2D eigenvalue weighted by Crippen LogP contribution is 2.36. The fourth-order valence-electron chi connectivity index (χ4n) is 5.39. The Morgan fingerprint density at radius 2 is 1.59 bits per heavy atom. The molecule has 11 nitrogen and oxygen atoms in total. The molecule has 0 bridgehead atoms. The molecule has 260 valence electrons. The third-order valence-electron chi connectivity index (χ3n) is 7.64. The summed E-state index contributed by atoms with van der Waals surface area (Å²) in [7, 11) is -4.40. The Bertz CT molecular complexity index is 1890. The second kappa shape index (κ2) is 14.4. The molecule has 0 aliphatic carbocycles. The van der Waals surface area contributed by atoms with Crippen LogP contribution in [0.25, 0.3) is 11.1 Å². The molecule has 0 radical (unpaired) electrons. The number of aromatic nitrogens is 2. The number of nitrogens with zero attached hydrogens (tertiary/aromatic N) is 3. The number of carboxylic acid groups (broad SMARTS) is 1. The van der Waals surface area contributed by atoms with Crippen molar-refractivity contribution < 1.29 is 32.6 Å². The molecule has 0 spiro atoms. The van der Waals surface area contributed by atoms with Gasteiger partial charge in [-0.15, -0.1) is 0 Å². The number of ether oxygens (including phenoxy) is 2. The molecule has 0 aliphatic rings. The Balaban J connectivity index is 1.86. The van der Waals surface area contributed by atoms with Gasteiger partial charge in [-0.1, -0.05) is 63.2 Å². The van der Waals surface area contributed by atoms with Crippen molar-refractivity contribution in [1.82, 2.24) is 9.97 Å². The summed E-state index contributed by atoms with van der Waals surface area (Å²) in [5, 5.41) is 10.3. The van der Waals surface area contributed by atoms with Crippen molar-refractivity contribution in [2.45, 2.75) is 76.3 Å². The zero-order valence-electron chi connectivity index (χ0n) is 28.9. The van der Waals surface area contributed by atoms with Gasteiger partial charge in [0.05, 0.1) is 17.2 Å². The van der Waals surface area contributed by atoms with Gasteiger partial charge in [-0.25, -0.2) is 27.9 Å². The fourth-order valence-corrected chi connectivity index (χ4v) is 7.02. The van der Waals surface area contributed by atoms with Gasteiger partial charge in [0.2, 0.25) is 9.84 Å². The fraction of sp³-hybridized carbons (Fsp3) is 0.351. The van der Waals surface area contributed by atoms with Crippen molar-refractivity contribution in [2.24, 2.45) is 11.1 Å². The van der Waals surface area contributed by atoms with E-state index in [4.69, 9.17) is 15.2 Å². The molecule has 4 rings (SSSR count). The minimum atomic E-state index is -4.40. The molecule has 2 unspecified atom stereocenters. The number of carboxylic acids is 1. The van der Waals surface area contributed by atoms with Gasteiger partial charge in [0.1, 0.15) is 23.2 Å². The topological polar surface area (TPSA) is 162 Å². The number of amides is 1. The summed E-state index contributed by atoms with van der Waals surface area (Å²) in [5.74, 6) is -0.690. The van der Waals surface area contributed by atoms with Gasteiger partial charge in [-0.3, -0.25) is 4.98 Å². The Morgan fingerprint density at radius 3 is 2.16 bits per heavy atom. The highest BCUT2D eigenvalue weighted by molar-refractivity contribution is 7.92. The van der Waals surface area contributed by atoms with E-state index < -0.39 is 43.8 Å². The highest BCUT2D eigenvalue weighted by Gasteiger charge is 2.47. The number of carbonyl (C=O) groups is 2. The van der Waals surface area contributed by atoms with Gasteiger partial charge in [0, 0.05) is 18.8 Å². The number of benzene rings is 2. The van der Waals surface area contributed by atoms with Crippen LogP contribution < -0.4 is 15.4 Å². The van der Waals surface area contributed by atoms with Crippen molar-refractivity contribution in [3.05, 3.63) is 103 Å². The summed E-state index contributed by atoms with van der Waals surface area (Å²) in [6.07, 6.45) is 1.49. The molecular formula is C37H44N4O7S. The summed E-state index contributed by atoms with van der Waals surface area (Å²) < 4.78 is 40.1. The van der Waals surface area contributed by atoms with Gasteiger partial charge in [-0.2, -0.15) is 0 Å². The Labute approximate surface area is 288 Å². The highest BCUT2D eigenvalue weighted by atomic mass is 32.2. The maximum atomic E-state index is 14.4. The number of carbonyl (C=O) groups excluding carboxylic acids is 1. The minimum absolute atomic E-state index is 0.103. The second-order valence-corrected chi connectivity index (χ2v) is 16.0. The van der Waals surface area contributed by atoms with E-state index in [1.165, 1.54) is 42.7 Å². The van der Waals surface area contributed by atoms with Crippen molar-refractivity contribution in [1.29, 1.82) is 0 Å². The quantitative estimate of drug-likeness (QED) is 0.175. The number of aliphatic carboxylic acids is 1. The van der Waals surface area contributed by atoms with Crippen molar-refractivity contribution in [2.75, 3.05) is 11.5 Å². The first-order valence-electron chi connectivity index (χ1n) is 15.9. The summed E-state index contributed by atoms with van der Waals surface area (Å²) in [6, 6.07) is 20.8. The minimum Gasteiger partial charge on any atom is -0.494 e. The van der Waals surface area contributed by atoms with Crippen molar-refractivity contribution >= 4 is 27.7 Å². The molecule has 0 saturated heterocycles. The largest absolute Gasteiger partial charge is 0.494 e. The Hall–Kier alpha value is -4.81.